The lowest BCUT2D eigenvalue weighted by molar-refractivity contribution is -0.120. The van der Waals surface area contributed by atoms with Crippen molar-refractivity contribution < 1.29 is 34.1 Å². The zero-order valence-electron chi connectivity index (χ0n) is 14.9. The number of aromatic carboxylic acids is 2. The van der Waals surface area contributed by atoms with Gasteiger partial charge in [-0.15, -0.1) is 0 Å². The van der Waals surface area contributed by atoms with Crippen molar-refractivity contribution in [2.45, 2.75) is 6.92 Å². The van der Waals surface area contributed by atoms with Crippen LogP contribution in [0.2, 0.25) is 0 Å². The van der Waals surface area contributed by atoms with Crippen LogP contribution < -0.4 is 26.5 Å². The molecule has 7 N–H and O–H groups in total. The van der Waals surface area contributed by atoms with Crippen LogP contribution in [0.4, 0.5) is 5.82 Å². The molecule has 0 saturated carbocycles. The SMILES string of the molecule is CCOc1cc(-c2c(C(=O)O)c(N)[nH]c(=O)c2C(=O)O)cc(I)c1OCC(N)=O. The maximum Gasteiger partial charge on any atom is 0.342 e. The van der Waals surface area contributed by atoms with E-state index >= 15 is 0 Å². The molecule has 0 aliphatic heterocycles. The van der Waals surface area contributed by atoms with E-state index in [1.165, 1.54) is 12.1 Å². The molecule has 2 aromatic rings. The van der Waals surface area contributed by atoms with Crippen molar-refractivity contribution in [2.75, 3.05) is 18.9 Å². The first kappa shape index (κ1) is 22.0. The summed E-state index contributed by atoms with van der Waals surface area (Å²) in [5.74, 6) is -4.13. The highest BCUT2D eigenvalue weighted by molar-refractivity contribution is 14.1. The van der Waals surface area contributed by atoms with E-state index in [4.69, 9.17) is 20.9 Å². The van der Waals surface area contributed by atoms with Gasteiger partial charge in [-0.05, 0) is 47.2 Å². The molecule has 0 aliphatic carbocycles. The molecule has 0 unspecified atom stereocenters. The van der Waals surface area contributed by atoms with E-state index in [2.05, 4.69) is 0 Å². The number of H-pyrrole nitrogens is 1. The lowest BCUT2D eigenvalue weighted by atomic mass is 9.95. The minimum atomic E-state index is -1.63. The average molecular weight is 517 g/mol. The van der Waals surface area contributed by atoms with Crippen molar-refractivity contribution in [3.05, 3.63) is 37.2 Å². The standard InChI is InChI=1S/C17H16IN3O8/c1-2-28-8-4-6(3-7(18)13(8)29-5-9(19)22)10-11(16(24)25)14(20)21-15(23)12(10)17(26)27/h3-4H,2,5H2,1H3,(H2,19,22)(H,24,25)(H,26,27)(H3,20,21,23). The summed E-state index contributed by atoms with van der Waals surface area (Å²) in [6.07, 6.45) is 0. The van der Waals surface area contributed by atoms with E-state index in [9.17, 15) is 29.4 Å². The third-order valence-corrected chi connectivity index (χ3v) is 4.43. The number of aromatic nitrogens is 1. The number of carbonyl (C=O) groups excluding carboxylic acids is 1. The van der Waals surface area contributed by atoms with Gasteiger partial charge in [0.05, 0.1) is 10.2 Å². The van der Waals surface area contributed by atoms with Crippen LogP contribution >= 0.6 is 22.6 Å². The molecule has 12 heteroatoms. The van der Waals surface area contributed by atoms with Crippen LogP contribution in [0, 0.1) is 3.57 Å². The van der Waals surface area contributed by atoms with Gasteiger partial charge in [0.25, 0.3) is 11.5 Å². The molecule has 1 amide bonds. The van der Waals surface area contributed by atoms with Gasteiger partial charge in [-0.25, -0.2) is 9.59 Å². The Labute approximate surface area is 176 Å². The number of hydrogen-bond donors (Lipinski definition) is 5. The van der Waals surface area contributed by atoms with Crippen LogP contribution in [0.5, 0.6) is 11.5 Å². The molecular weight excluding hydrogens is 501 g/mol. The monoisotopic (exact) mass is 517 g/mol. The number of aromatic amines is 1. The number of pyridine rings is 1. The van der Waals surface area contributed by atoms with Crippen molar-refractivity contribution in [1.82, 2.24) is 4.98 Å². The average Bonchev–Trinajstić information content (AvgIpc) is 2.59. The number of primary amides is 1. The van der Waals surface area contributed by atoms with Crippen LogP contribution in [0.1, 0.15) is 27.6 Å². The number of carbonyl (C=O) groups is 3. The Morgan fingerprint density at radius 3 is 2.28 bits per heavy atom. The Kier molecular flexibility index (Phi) is 6.68. The van der Waals surface area contributed by atoms with Gasteiger partial charge in [0.15, 0.2) is 18.1 Å². The Hall–Kier alpha value is -3.29. The number of anilines is 1. The third-order valence-electron chi connectivity index (χ3n) is 3.63. The Morgan fingerprint density at radius 1 is 1.14 bits per heavy atom. The molecule has 1 aromatic heterocycles. The molecule has 0 fully saturated rings. The maximum atomic E-state index is 12.2. The van der Waals surface area contributed by atoms with Crippen LogP contribution in [0.3, 0.4) is 0 Å². The number of ether oxygens (including phenoxy) is 2. The molecule has 0 spiro atoms. The molecule has 0 bridgehead atoms. The Bertz CT molecular complexity index is 1060. The van der Waals surface area contributed by atoms with Crippen LogP contribution in [-0.4, -0.2) is 46.3 Å². The second kappa shape index (κ2) is 8.81. The number of hydrogen-bond acceptors (Lipinski definition) is 7. The van der Waals surface area contributed by atoms with Gasteiger partial charge >= 0.3 is 11.9 Å². The number of halogens is 1. The van der Waals surface area contributed by atoms with Crippen molar-refractivity contribution in [1.29, 1.82) is 0 Å². The minimum absolute atomic E-state index is 0.0527. The fourth-order valence-electron chi connectivity index (χ4n) is 2.59. The molecule has 2 rings (SSSR count). The van der Waals surface area contributed by atoms with Crippen LogP contribution in [0.15, 0.2) is 16.9 Å². The predicted octanol–water partition coefficient (Wildman–Crippen LogP) is 0.888. The molecule has 1 heterocycles. The van der Waals surface area contributed by atoms with Crippen LogP contribution in [0.25, 0.3) is 11.1 Å². The van der Waals surface area contributed by atoms with Crippen molar-refractivity contribution in [3.8, 4) is 22.6 Å². The lowest BCUT2D eigenvalue weighted by Crippen LogP contribution is -2.24. The topological polar surface area (TPSA) is 195 Å². The van der Waals surface area contributed by atoms with E-state index in [1.54, 1.807) is 6.92 Å². The highest BCUT2D eigenvalue weighted by Gasteiger charge is 2.28. The molecule has 11 nitrogen and oxygen atoms in total. The van der Waals surface area contributed by atoms with Crippen LogP contribution in [-0.2, 0) is 4.79 Å². The summed E-state index contributed by atoms with van der Waals surface area (Å²) < 4.78 is 11.2. The number of amides is 1. The van der Waals surface area contributed by atoms with Gasteiger partial charge in [0.1, 0.15) is 16.9 Å². The smallest absolute Gasteiger partial charge is 0.342 e. The van der Waals surface area contributed by atoms with E-state index in [0.717, 1.165) is 0 Å². The number of carboxylic acid groups (broad SMARTS) is 2. The van der Waals surface area contributed by atoms with E-state index in [-0.39, 0.29) is 29.2 Å². The van der Waals surface area contributed by atoms with E-state index in [1.807, 2.05) is 27.6 Å². The highest BCUT2D eigenvalue weighted by Crippen LogP contribution is 2.39. The first-order chi connectivity index (χ1) is 13.6. The zero-order valence-corrected chi connectivity index (χ0v) is 17.1. The Morgan fingerprint density at radius 2 is 1.76 bits per heavy atom. The van der Waals surface area contributed by atoms with Crippen molar-refractivity contribution in [2.24, 2.45) is 5.73 Å². The first-order valence-corrected chi connectivity index (χ1v) is 9.06. The van der Waals surface area contributed by atoms with Gasteiger partial charge in [-0.3, -0.25) is 9.59 Å². The molecule has 0 aliphatic rings. The third kappa shape index (κ3) is 4.59. The predicted molar refractivity (Wildman–Crippen MR) is 109 cm³/mol. The number of rotatable bonds is 8. The molecule has 0 radical (unpaired) electrons. The number of nitrogen functional groups attached to an aromatic ring is 1. The van der Waals surface area contributed by atoms with E-state index < -0.39 is 47.0 Å². The molecule has 0 atom stereocenters. The zero-order chi connectivity index (χ0) is 21.9. The normalized spacial score (nSPS) is 10.4. The number of benzene rings is 1. The van der Waals surface area contributed by atoms with Gasteiger partial charge < -0.3 is 36.1 Å². The van der Waals surface area contributed by atoms with Gasteiger partial charge in [-0.1, -0.05) is 0 Å². The maximum absolute atomic E-state index is 12.2. The fraction of sp³-hybridized carbons (Fsp3) is 0.176. The van der Waals surface area contributed by atoms with Crippen molar-refractivity contribution in [3.63, 3.8) is 0 Å². The summed E-state index contributed by atoms with van der Waals surface area (Å²) in [7, 11) is 0. The first-order valence-electron chi connectivity index (χ1n) is 7.98. The molecule has 1 aromatic carbocycles. The summed E-state index contributed by atoms with van der Waals surface area (Å²) in [6, 6.07) is 2.68. The fourth-order valence-corrected chi connectivity index (χ4v) is 3.35. The lowest BCUT2D eigenvalue weighted by Gasteiger charge is -2.17. The Balaban J connectivity index is 2.87. The number of nitrogens with two attached hydrogens (primary N) is 2. The number of carboxylic acids is 2. The quantitative estimate of drug-likeness (QED) is 0.316. The summed E-state index contributed by atoms with van der Waals surface area (Å²) >= 11 is 1.83. The minimum Gasteiger partial charge on any atom is -0.490 e. The molecule has 29 heavy (non-hydrogen) atoms. The summed E-state index contributed by atoms with van der Waals surface area (Å²) in [6.45, 7) is 1.42. The summed E-state index contributed by atoms with van der Waals surface area (Å²) in [4.78, 5) is 48.6. The molecule has 0 saturated heterocycles. The van der Waals surface area contributed by atoms with E-state index in [0.29, 0.717) is 3.57 Å². The molecular formula is C17H16IN3O8. The van der Waals surface area contributed by atoms with Crippen molar-refractivity contribution >= 4 is 46.3 Å². The molecule has 154 valence electrons. The largest absolute Gasteiger partial charge is 0.490 e. The highest BCUT2D eigenvalue weighted by atomic mass is 127. The summed E-state index contributed by atoms with van der Waals surface area (Å²) in [5, 5.41) is 19.0. The second-order valence-corrected chi connectivity index (χ2v) is 6.74. The summed E-state index contributed by atoms with van der Waals surface area (Å²) in [5.41, 5.74) is 7.96. The van der Waals surface area contributed by atoms with Gasteiger partial charge in [0, 0.05) is 5.56 Å². The second-order valence-electron chi connectivity index (χ2n) is 5.58. The number of nitrogens with one attached hydrogen (secondary N) is 1. The van der Waals surface area contributed by atoms with Gasteiger partial charge in [0.2, 0.25) is 0 Å². The van der Waals surface area contributed by atoms with Gasteiger partial charge in [-0.2, -0.15) is 0 Å².